The van der Waals surface area contributed by atoms with Gasteiger partial charge in [-0.15, -0.1) is 0 Å². The fourth-order valence-corrected chi connectivity index (χ4v) is 0. The molecule has 0 aliphatic rings. The van der Waals surface area contributed by atoms with Crippen molar-refractivity contribution in [2.45, 2.75) is 0 Å². The van der Waals surface area contributed by atoms with Crippen molar-refractivity contribution in [1.82, 2.24) is 0 Å². The maximum atomic E-state index is 0. The summed E-state index contributed by atoms with van der Waals surface area (Å²) < 4.78 is 0. The van der Waals surface area contributed by atoms with Crippen LogP contribution in [0.4, 0.5) is 0 Å². The second kappa shape index (κ2) is 36.9. The molecule has 0 rings (SSSR count). The molecule has 1 radical (unpaired) electrons. The monoisotopic (exact) mass is 431 g/mol. The summed E-state index contributed by atoms with van der Waals surface area (Å²) in [6.45, 7) is 0. The third-order valence-corrected chi connectivity index (χ3v) is 0. The molecule has 0 N–H and O–H groups in total. The zero-order valence-electron chi connectivity index (χ0n) is 2.16. The molecule has 53 valence electrons. The van der Waals surface area contributed by atoms with Gasteiger partial charge in [0.05, 0.1) is 0 Å². The molecule has 6 heteroatoms. The van der Waals surface area contributed by atoms with Gasteiger partial charge in [-0.05, 0) is 0 Å². The van der Waals surface area contributed by atoms with Crippen LogP contribution in [0.1, 0.15) is 0 Å². The Bertz CT molecular complexity index is 3.90. The van der Waals surface area contributed by atoms with Gasteiger partial charge in [-0.1, -0.05) is 0 Å². The van der Waals surface area contributed by atoms with Gasteiger partial charge in [0.15, 0.2) is 0 Å². The molecular weight excluding hydrogens is 434 g/mol. The number of rotatable bonds is 0. The molecule has 0 aromatic rings. The van der Waals surface area contributed by atoms with Crippen LogP contribution in [0.15, 0.2) is 0 Å². The molecule has 0 unspecified atom stereocenters. The zero-order chi connectivity index (χ0) is 0. The molecule has 0 bridgehead atoms. The molecule has 0 atom stereocenters. The number of hydrogen-bond acceptors (Lipinski definition) is 0. The zero-order valence-corrected chi connectivity index (χ0v) is 10.8. The van der Waals surface area contributed by atoms with Crippen LogP contribution in [0.3, 0.4) is 0 Å². The van der Waals surface area contributed by atoms with E-state index in [-0.39, 0.29) is 124 Å². The van der Waals surface area contributed by atoms with Crippen LogP contribution in [0.2, 0.25) is 0 Å². The van der Waals surface area contributed by atoms with E-state index in [1.807, 2.05) is 0 Å². The van der Waals surface area contributed by atoms with E-state index < -0.39 is 0 Å². The Morgan fingerprint density at radius 2 is 0.333 bits per heavy atom. The third kappa shape index (κ3) is 24.9. The van der Waals surface area contributed by atoms with Gasteiger partial charge in [0.1, 0.15) is 0 Å². The average molecular weight is 434 g/mol. The van der Waals surface area contributed by atoms with Gasteiger partial charge in [0.25, 0.3) is 0 Å². The van der Waals surface area contributed by atoms with Crippen molar-refractivity contribution in [3.05, 3.63) is 0 Å². The predicted molar refractivity (Wildman–Crippen MR) is 0 cm³/mol. The summed E-state index contributed by atoms with van der Waals surface area (Å²) in [4.78, 5) is 0. The van der Waals surface area contributed by atoms with E-state index in [2.05, 4.69) is 0 Å². The quantitative estimate of drug-likeness (QED) is 0.471. The van der Waals surface area contributed by atoms with Crippen molar-refractivity contribution in [2.24, 2.45) is 0 Å². The summed E-state index contributed by atoms with van der Waals surface area (Å²) in [6, 6.07) is 0. The van der Waals surface area contributed by atoms with Crippen LogP contribution in [0.25, 0.3) is 0 Å². The Balaban J connectivity index is 0. The Hall–Kier alpha value is 3.83. The molecule has 0 spiro atoms. The summed E-state index contributed by atoms with van der Waals surface area (Å²) in [5.41, 5.74) is 0. The van der Waals surface area contributed by atoms with E-state index in [0.717, 1.165) is 0 Å². The van der Waals surface area contributed by atoms with Gasteiger partial charge in [0, 0.05) is 124 Å². The smallest absolute Gasteiger partial charge is 0 e. The van der Waals surface area contributed by atoms with Crippen molar-refractivity contribution < 1.29 is 124 Å². The maximum Gasteiger partial charge on any atom is 0 e. The second-order valence-corrected chi connectivity index (χ2v) is 0. The molecule has 0 heterocycles. The first-order valence-corrected chi connectivity index (χ1v) is 0. The first kappa shape index (κ1) is 52.2. The minimum absolute atomic E-state index is 0. The fraction of sp³-hybridized carbons (Fsp3) is 0. The van der Waals surface area contributed by atoms with E-state index in [1.165, 1.54) is 0 Å². The second-order valence-electron chi connectivity index (χ2n) is 0. The van der Waals surface area contributed by atoms with Crippen molar-refractivity contribution in [2.75, 3.05) is 0 Å². The van der Waals surface area contributed by atoms with E-state index >= 15 is 0 Å². The molecule has 0 fully saturated rings. The summed E-state index contributed by atoms with van der Waals surface area (Å²) in [7, 11) is 0. The minimum Gasteiger partial charge on any atom is 0 e. The van der Waals surface area contributed by atoms with E-state index in [9.17, 15) is 0 Å². The Morgan fingerprint density at radius 1 is 0.333 bits per heavy atom. The number of hydrogen-bond donors (Lipinski definition) is 0. The molecule has 0 nitrogen and oxygen atoms in total. The summed E-state index contributed by atoms with van der Waals surface area (Å²) in [6.07, 6.45) is 0. The first-order chi connectivity index (χ1) is 0. The van der Waals surface area contributed by atoms with Gasteiger partial charge >= 0.3 is 0 Å². The van der Waals surface area contributed by atoms with Crippen molar-refractivity contribution in [3.8, 4) is 0 Å². The Kier molecular flexibility index (Phi) is 321. The molecule has 0 saturated heterocycles. The van der Waals surface area contributed by atoms with Crippen molar-refractivity contribution in [3.63, 3.8) is 0 Å². The summed E-state index contributed by atoms with van der Waals surface area (Å²) >= 11 is 0. The molecule has 0 aliphatic carbocycles. The summed E-state index contributed by atoms with van der Waals surface area (Å²) in [5.74, 6) is 0. The Morgan fingerprint density at radius 3 is 0.333 bits per heavy atom. The van der Waals surface area contributed by atoms with Crippen LogP contribution in [0.5, 0.6) is 0 Å². The van der Waals surface area contributed by atoms with Crippen LogP contribution >= 0.6 is 0 Å². The summed E-state index contributed by atoms with van der Waals surface area (Å²) in [5, 5.41) is 0. The maximum absolute atomic E-state index is 0. The van der Waals surface area contributed by atoms with Crippen LogP contribution in [-0.4, -0.2) is 0 Å². The van der Waals surface area contributed by atoms with E-state index in [4.69, 9.17) is 0 Å². The van der Waals surface area contributed by atoms with Gasteiger partial charge in [0.2, 0.25) is 0 Å². The molecule has 0 saturated carbocycles. The molecule has 6 heavy (non-hydrogen) atoms. The molecule has 0 amide bonds. The van der Waals surface area contributed by atoms with Crippen LogP contribution in [0, 0.1) is 41.3 Å². The molecule has 0 aromatic carbocycles. The Labute approximate surface area is 121 Å². The van der Waals surface area contributed by atoms with Gasteiger partial charge in [-0.3, -0.25) is 0 Å². The van der Waals surface area contributed by atoms with E-state index in [0.29, 0.717) is 0 Å². The normalized spacial score (nSPS) is 0. The SMILES string of the molecule is [Ni].[Ni].[Ni].[Ni].[Ni].[Pr]. The molecule has 0 aromatic heterocycles. The molecular formula is Ni5Pr. The standard InChI is InChI=1S/5Ni.Pr. The van der Waals surface area contributed by atoms with Crippen LogP contribution in [-0.2, 0) is 82.5 Å². The van der Waals surface area contributed by atoms with Crippen molar-refractivity contribution in [1.29, 1.82) is 0 Å². The fourth-order valence-electron chi connectivity index (χ4n) is 0. The molecule has 0 aliphatic heterocycles. The average Bonchev–Trinajstić information content (AvgIpc) is 0. The third-order valence-electron chi connectivity index (χ3n) is 0. The van der Waals surface area contributed by atoms with Crippen LogP contribution < -0.4 is 0 Å². The van der Waals surface area contributed by atoms with E-state index in [1.54, 1.807) is 0 Å². The topological polar surface area (TPSA) is 0 Å². The van der Waals surface area contributed by atoms with Gasteiger partial charge in [-0.2, -0.15) is 0 Å². The minimum atomic E-state index is 0. The van der Waals surface area contributed by atoms with Gasteiger partial charge in [-0.25, -0.2) is 0 Å². The van der Waals surface area contributed by atoms with Gasteiger partial charge < -0.3 is 0 Å². The largest absolute Gasteiger partial charge is 0 e. The first-order valence-electron chi connectivity index (χ1n) is 0. The van der Waals surface area contributed by atoms with Crippen molar-refractivity contribution >= 4 is 0 Å². The predicted octanol–water partition coefficient (Wildman–Crippen LogP) is -0.0125.